The molecule has 11 nitrogen and oxygen atoms in total. The smallest absolute Gasteiger partial charge is 0.334 e. The van der Waals surface area contributed by atoms with Crippen molar-refractivity contribution in [2.45, 2.75) is 13.1 Å². The normalized spacial score (nSPS) is 10.5. The third kappa shape index (κ3) is 5.09. The van der Waals surface area contributed by atoms with Gasteiger partial charge in [-0.05, 0) is 17.7 Å². The molecule has 0 spiro atoms. The Morgan fingerprint density at radius 3 is 2.29 bits per heavy atom. The van der Waals surface area contributed by atoms with Crippen molar-refractivity contribution in [1.29, 1.82) is 0 Å². The van der Waals surface area contributed by atoms with Gasteiger partial charge in [0.2, 0.25) is 5.88 Å². The number of carbonyl (C=O) groups is 2. The molecule has 0 unspecified atom stereocenters. The van der Waals surface area contributed by atoms with Crippen molar-refractivity contribution in [1.82, 2.24) is 14.5 Å². The first-order valence-corrected chi connectivity index (χ1v) is 10.1. The summed E-state index contributed by atoms with van der Waals surface area (Å²) in [4.78, 5) is 49.8. The molecule has 1 amide bonds. The second-order valence-corrected chi connectivity index (χ2v) is 7.20. The Hall–Kier alpha value is -4.54. The molecule has 3 aromatic rings. The number of carbonyl (C=O) groups excluding carboxylic acids is 1. The van der Waals surface area contributed by atoms with Gasteiger partial charge < -0.3 is 25.0 Å². The molecule has 0 fully saturated rings. The van der Waals surface area contributed by atoms with Crippen molar-refractivity contribution < 1.29 is 29.3 Å². The largest absolute Gasteiger partial charge is 0.497 e. The number of aromatic hydroxyl groups is 1. The Bertz CT molecular complexity index is 1330. The predicted molar refractivity (Wildman–Crippen MR) is 121 cm³/mol. The van der Waals surface area contributed by atoms with Crippen LogP contribution in [0.2, 0.25) is 0 Å². The average Bonchev–Trinajstić information content (AvgIpc) is 2.83. The van der Waals surface area contributed by atoms with Crippen molar-refractivity contribution >= 4 is 11.9 Å². The van der Waals surface area contributed by atoms with Gasteiger partial charge in [-0.2, -0.15) is 0 Å². The lowest BCUT2D eigenvalue weighted by atomic mass is 10.1. The number of methoxy groups -OCH3 is 2. The highest BCUT2D eigenvalue weighted by Gasteiger charge is 2.25. The molecule has 0 atom stereocenters. The fraction of sp³-hybridized carbons (Fsp3) is 0.217. The fourth-order valence-corrected chi connectivity index (χ4v) is 3.33. The minimum absolute atomic E-state index is 0.169. The number of carboxylic acids is 1. The molecule has 0 aliphatic carbocycles. The van der Waals surface area contributed by atoms with Gasteiger partial charge in [0.05, 0.1) is 27.3 Å². The van der Waals surface area contributed by atoms with E-state index in [-0.39, 0.29) is 13.1 Å². The maximum Gasteiger partial charge on any atom is 0.334 e. The Kier molecular flexibility index (Phi) is 7.36. The van der Waals surface area contributed by atoms with Gasteiger partial charge in [0.1, 0.15) is 18.0 Å². The summed E-state index contributed by atoms with van der Waals surface area (Å²) in [6.07, 6.45) is 0. The summed E-state index contributed by atoms with van der Waals surface area (Å²) in [6.45, 7) is -1.19. The molecule has 0 saturated carbocycles. The van der Waals surface area contributed by atoms with Crippen molar-refractivity contribution in [3.05, 3.63) is 86.1 Å². The van der Waals surface area contributed by atoms with Crippen LogP contribution < -0.4 is 26.0 Å². The monoisotopic (exact) mass is 469 g/mol. The van der Waals surface area contributed by atoms with Crippen LogP contribution in [-0.2, 0) is 17.9 Å². The second-order valence-electron chi connectivity index (χ2n) is 7.20. The van der Waals surface area contributed by atoms with Gasteiger partial charge in [-0.1, -0.05) is 30.3 Å². The minimum atomic E-state index is -1.34. The number of aromatic nitrogens is 2. The summed E-state index contributed by atoms with van der Waals surface area (Å²) in [5.74, 6) is -2.50. The van der Waals surface area contributed by atoms with E-state index in [0.717, 1.165) is 9.13 Å². The highest BCUT2D eigenvalue weighted by Crippen LogP contribution is 2.26. The summed E-state index contributed by atoms with van der Waals surface area (Å²) in [5, 5.41) is 21.7. The fourth-order valence-electron chi connectivity index (χ4n) is 3.33. The minimum Gasteiger partial charge on any atom is -0.497 e. The third-order valence-electron chi connectivity index (χ3n) is 5.03. The van der Waals surface area contributed by atoms with E-state index in [4.69, 9.17) is 14.6 Å². The standard InChI is InChI=1S/C23H23N3O8/c1-33-16-9-8-15(17(10-16)34-2)13-26-22(31)19(20(29)24-11-18(27)28)21(30)25(23(26)32)12-14-6-4-3-5-7-14/h3-10,31H,11-13H2,1-2H3,(H,24,29)(H,27,28). The van der Waals surface area contributed by atoms with Crippen LogP contribution in [0.5, 0.6) is 17.4 Å². The molecular formula is C23H23N3O8. The van der Waals surface area contributed by atoms with Crippen LogP contribution in [0.25, 0.3) is 0 Å². The Balaban J connectivity index is 2.18. The van der Waals surface area contributed by atoms with Crippen molar-refractivity contribution in [3.8, 4) is 17.4 Å². The summed E-state index contributed by atoms with van der Waals surface area (Å²) >= 11 is 0. The first kappa shape index (κ1) is 24.1. The Morgan fingerprint density at radius 2 is 1.68 bits per heavy atom. The number of ether oxygens (including phenoxy) is 2. The lowest BCUT2D eigenvalue weighted by Crippen LogP contribution is -2.45. The number of amides is 1. The maximum absolute atomic E-state index is 13.3. The molecule has 0 radical (unpaired) electrons. The van der Waals surface area contributed by atoms with Crippen LogP contribution in [0.15, 0.2) is 58.1 Å². The van der Waals surface area contributed by atoms with Gasteiger partial charge in [-0.15, -0.1) is 0 Å². The summed E-state index contributed by atoms with van der Waals surface area (Å²) < 4.78 is 12.2. The van der Waals surface area contributed by atoms with Crippen LogP contribution in [-0.4, -0.2) is 52.0 Å². The van der Waals surface area contributed by atoms with E-state index < -0.39 is 41.1 Å². The molecule has 1 aromatic heterocycles. The van der Waals surface area contributed by atoms with E-state index in [1.807, 2.05) is 0 Å². The molecule has 3 N–H and O–H groups in total. The van der Waals surface area contributed by atoms with Gasteiger partial charge in [-0.25, -0.2) is 4.79 Å². The van der Waals surface area contributed by atoms with Gasteiger partial charge >= 0.3 is 11.7 Å². The number of nitrogens with zero attached hydrogens (tertiary/aromatic N) is 2. The summed E-state index contributed by atoms with van der Waals surface area (Å²) in [7, 11) is 2.90. The number of hydrogen-bond acceptors (Lipinski definition) is 7. The third-order valence-corrected chi connectivity index (χ3v) is 5.03. The zero-order valence-corrected chi connectivity index (χ0v) is 18.5. The first-order valence-electron chi connectivity index (χ1n) is 10.1. The Labute approximate surface area is 193 Å². The zero-order valence-electron chi connectivity index (χ0n) is 18.5. The molecule has 1 heterocycles. The van der Waals surface area contributed by atoms with Gasteiger partial charge in [0.25, 0.3) is 11.5 Å². The van der Waals surface area contributed by atoms with E-state index in [2.05, 4.69) is 5.32 Å². The van der Waals surface area contributed by atoms with Crippen molar-refractivity contribution in [2.75, 3.05) is 20.8 Å². The quantitative estimate of drug-likeness (QED) is 0.413. The molecule has 2 aromatic carbocycles. The van der Waals surface area contributed by atoms with Crippen LogP contribution in [0.1, 0.15) is 21.5 Å². The van der Waals surface area contributed by atoms with Gasteiger partial charge in [0.15, 0.2) is 5.56 Å². The molecule has 0 bridgehead atoms. The lowest BCUT2D eigenvalue weighted by molar-refractivity contribution is -0.135. The number of hydrogen-bond donors (Lipinski definition) is 3. The topological polar surface area (TPSA) is 149 Å². The molecule has 34 heavy (non-hydrogen) atoms. The highest BCUT2D eigenvalue weighted by atomic mass is 16.5. The van der Waals surface area contributed by atoms with Gasteiger partial charge in [0, 0.05) is 11.6 Å². The molecule has 0 aliphatic rings. The summed E-state index contributed by atoms with van der Waals surface area (Å²) in [5.41, 5.74) is -1.59. The maximum atomic E-state index is 13.3. The van der Waals surface area contributed by atoms with E-state index in [0.29, 0.717) is 22.6 Å². The van der Waals surface area contributed by atoms with E-state index >= 15 is 0 Å². The van der Waals surface area contributed by atoms with Crippen LogP contribution >= 0.6 is 0 Å². The first-order chi connectivity index (χ1) is 16.3. The number of nitrogens with one attached hydrogen (secondary N) is 1. The number of benzene rings is 2. The van der Waals surface area contributed by atoms with Crippen LogP contribution in [0, 0.1) is 0 Å². The highest BCUT2D eigenvalue weighted by molar-refractivity contribution is 5.97. The van der Waals surface area contributed by atoms with E-state index in [1.54, 1.807) is 48.5 Å². The number of aliphatic carboxylic acids is 1. The zero-order chi connectivity index (χ0) is 24.8. The molecule has 3 rings (SSSR count). The second kappa shape index (κ2) is 10.4. The average molecular weight is 469 g/mol. The predicted octanol–water partition coefficient (Wildman–Crippen LogP) is 0.644. The van der Waals surface area contributed by atoms with Gasteiger partial charge in [-0.3, -0.25) is 23.5 Å². The summed E-state index contributed by atoms with van der Waals surface area (Å²) in [6, 6.07) is 13.4. The molecule has 0 saturated heterocycles. The van der Waals surface area contributed by atoms with E-state index in [9.17, 15) is 24.3 Å². The Morgan fingerprint density at radius 1 is 0.971 bits per heavy atom. The number of rotatable bonds is 9. The number of carboxylic acid groups (broad SMARTS) is 1. The van der Waals surface area contributed by atoms with Crippen LogP contribution in [0.3, 0.4) is 0 Å². The molecular weight excluding hydrogens is 446 g/mol. The van der Waals surface area contributed by atoms with Crippen molar-refractivity contribution in [3.63, 3.8) is 0 Å². The molecule has 11 heteroatoms. The lowest BCUT2D eigenvalue weighted by Gasteiger charge is -2.17. The molecule has 178 valence electrons. The van der Waals surface area contributed by atoms with E-state index in [1.165, 1.54) is 14.2 Å². The van der Waals surface area contributed by atoms with Crippen LogP contribution in [0.4, 0.5) is 0 Å². The van der Waals surface area contributed by atoms with Crippen molar-refractivity contribution in [2.24, 2.45) is 0 Å². The SMILES string of the molecule is COc1ccc(Cn2c(O)c(C(=O)NCC(=O)O)c(=O)n(Cc3ccccc3)c2=O)c(OC)c1. The molecule has 0 aliphatic heterocycles.